The first kappa shape index (κ1) is 19.5. The van der Waals surface area contributed by atoms with Crippen LogP contribution < -0.4 is 5.43 Å². The Morgan fingerprint density at radius 1 is 1.36 bits per heavy atom. The van der Waals surface area contributed by atoms with E-state index in [0.717, 1.165) is 36.2 Å². The van der Waals surface area contributed by atoms with E-state index in [0.29, 0.717) is 10.6 Å². The molecule has 1 aliphatic heterocycles. The van der Waals surface area contributed by atoms with E-state index < -0.39 is 5.60 Å². The molecule has 1 atom stereocenters. The Kier molecular flexibility index (Phi) is 6.28. The molecule has 0 spiro atoms. The van der Waals surface area contributed by atoms with Gasteiger partial charge in [0.1, 0.15) is 5.60 Å². The average molecular weight is 363 g/mol. The summed E-state index contributed by atoms with van der Waals surface area (Å²) in [5, 5.41) is 5.17. The minimum atomic E-state index is -0.554. The Morgan fingerprint density at radius 3 is 2.68 bits per heavy atom. The van der Waals surface area contributed by atoms with Gasteiger partial charge in [0.15, 0.2) is 0 Å². The van der Waals surface area contributed by atoms with Crippen LogP contribution >= 0.6 is 11.6 Å². The maximum absolute atomic E-state index is 12.9. The van der Waals surface area contributed by atoms with Crippen molar-refractivity contribution in [2.24, 2.45) is 5.10 Å². The van der Waals surface area contributed by atoms with Crippen molar-refractivity contribution in [2.75, 3.05) is 0 Å². The number of hydrogen-bond donors (Lipinski definition) is 1. The van der Waals surface area contributed by atoms with Gasteiger partial charge in [-0.1, -0.05) is 37.1 Å². The average Bonchev–Trinajstić information content (AvgIpc) is 2.51. The third-order valence-electron chi connectivity index (χ3n) is 3.98. The topological polar surface area (TPSA) is 50.7 Å². The molecule has 0 amide bonds. The molecule has 136 valence electrons. The molecule has 1 aromatic rings. The third-order valence-corrected chi connectivity index (χ3v) is 4.22. The number of nitrogens with zero attached hydrogens (tertiary/aromatic N) is 1. The van der Waals surface area contributed by atoms with Gasteiger partial charge >= 0.3 is 5.97 Å². The summed E-state index contributed by atoms with van der Waals surface area (Å²) in [4.78, 5) is 12.9. The highest BCUT2D eigenvalue weighted by Gasteiger charge is 2.34. The van der Waals surface area contributed by atoms with Gasteiger partial charge in [-0.3, -0.25) is 5.43 Å². The first-order valence-electron chi connectivity index (χ1n) is 8.75. The normalized spacial score (nSPS) is 17.8. The number of allylic oxidation sites excluding steroid dienone is 1. The van der Waals surface area contributed by atoms with Crippen molar-refractivity contribution >= 4 is 23.3 Å². The number of ether oxygens (including phenoxy) is 1. The molecule has 1 unspecified atom stereocenters. The summed E-state index contributed by atoms with van der Waals surface area (Å²) in [6, 6.07) is 7.62. The smallest absolute Gasteiger partial charge is 0.337 e. The van der Waals surface area contributed by atoms with Gasteiger partial charge in [-0.25, -0.2) is 4.79 Å². The molecule has 4 nitrogen and oxygen atoms in total. The molecular weight excluding hydrogens is 336 g/mol. The van der Waals surface area contributed by atoms with Gasteiger partial charge in [0.05, 0.1) is 17.2 Å². The lowest BCUT2D eigenvalue weighted by atomic mass is 9.83. The third kappa shape index (κ3) is 5.08. The van der Waals surface area contributed by atoms with Crippen molar-refractivity contribution in [1.29, 1.82) is 0 Å². The Morgan fingerprint density at radius 2 is 2.08 bits per heavy atom. The van der Waals surface area contributed by atoms with E-state index in [9.17, 15) is 4.79 Å². The second kappa shape index (κ2) is 8.05. The molecule has 0 aromatic heterocycles. The van der Waals surface area contributed by atoms with E-state index in [1.54, 1.807) is 0 Å². The first-order valence-corrected chi connectivity index (χ1v) is 9.12. The molecule has 0 fully saturated rings. The molecule has 1 aromatic carbocycles. The van der Waals surface area contributed by atoms with Crippen LogP contribution in [0.3, 0.4) is 0 Å². The quantitative estimate of drug-likeness (QED) is 0.733. The van der Waals surface area contributed by atoms with Crippen LogP contribution in [0.15, 0.2) is 40.6 Å². The minimum Gasteiger partial charge on any atom is -0.457 e. The van der Waals surface area contributed by atoms with Crippen LogP contribution in [-0.2, 0) is 9.53 Å². The van der Waals surface area contributed by atoms with E-state index in [1.165, 1.54) is 0 Å². The number of rotatable bonds is 5. The number of hydrazone groups is 1. The molecule has 25 heavy (non-hydrogen) atoms. The van der Waals surface area contributed by atoms with Gasteiger partial charge in [0.2, 0.25) is 0 Å². The summed E-state index contributed by atoms with van der Waals surface area (Å²) in [5.74, 6) is -0.548. The zero-order chi connectivity index (χ0) is 18.6. The second-order valence-corrected chi connectivity index (χ2v) is 7.78. The highest BCUT2D eigenvalue weighted by Crippen LogP contribution is 2.35. The number of carbonyl (C=O) groups excluding carboxylic acids is 1. The van der Waals surface area contributed by atoms with E-state index in [2.05, 4.69) is 17.5 Å². The maximum Gasteiger partial charge on any atom is 0.337 e. The zero-order valence-electron chi connectivity index (χ0n) is 15.6. The standard InChI is InChI=1S/C20H27ClN2O2/c1-6-7-11-16-18(14-9-8-10-15(21)12-14)17(13(2)22-23-16)19(24)25-20(3,4)5/h8-10,12,18,22H,6-7,11H2,1-5H3. The lowest BCUT2D eigenvalue weighted by molar-refractivity contribution is -0.150. The predicted octanol–water partition coefficient (Wildman–Crippen LogP) is 5.19. The summed E-state index contributed by atoms with van der Waals surface area (Å²) in [5.41, 5.74) is 5.69. The van der Waals surface area contributed by atoms with E-state index in [1.807, 2.05) is 52.0 Å². The molecule has 0 saturated carbocycles. The minimum absolute atomic E-state index is 0.235. The lowest BCUT2D eigenvalue weighted by Gasteiger charge is -2.30. The van der Waals surface area contributed by atoms with Crippen LogP contribution in [0.25, 0.3) is 0 Å². The largest absolute Gasteiger partial charge is 0.457 e. The van der Waals surface area contributed by atoms with Crippen molar-refractivity contribution in [3.05, 3.63) is 46.1 Å². The van der Waals surface area contributed by atoms with E-state index in [4.69, 9.17) is 16.3 Å². The summed E-state index contributed by atoms with van der Waals surface area (Å²) >= 11 is 6.20. The fourth-order valence-electron chi connectivity index (χ4n) is 2.87. The van der Waals surface area contributed by atoms with Crippen molar-refractivity contribution in [2.45, 2.75) is 65.4 Å². The second-order valence-electron chi connectivity index (χ2n) is 7.35. The molecule has 0 bridgehead atoms. The molecule has 1 heterocycles. The van der Waals surface area contributed by atoms with Crippen LogP contribution in [0.4, 0.5) is 0 Å². The molecule has 0 aliphatic carbocycles. The van der Waals surface area contributed by atoms with Gasteiger partial charge < -0.3 is 4.74 Å². The molecule has 0 radical (unpaired) electrons. The van der Waals surface area contributed by atoms with Crippen LogP contribution in [0.5, 0.6) is 0 Å². The van der Waals surface area contributed by atoms with Gasteiger partial charge in [-0.05, 0) is 58.2 Å². The molecule has 5 heteroatoms. The number of benzene rings is 1. The van der Waals surface area contributed by atoms with Crippen molar-refractivity contribution < 1.29 is 9.53 Å². The van der Waals surface area contributed by atoms with Crippen LogP contribution in [0.1, 0.15) is 65.4 Å². The monoisotopic (exact) mass is 362 g/mol. The Balaban J connectivity index is 2.47. The van der Waals surface area contributed by atoms with Gasteiger partial charge in [0.25, 0.3) is 0 Å². The number of esters is 1. The number of hydrogen-bond acceptors (Lipinski definition) is 4. The Labute approximate surface area is 155 Å². The van der Waals surface area contributed by atoms with Crippen LogP contribution in [0.2, 0.25) is 5.02 Å². The highest BCUT2D eigenvalue weighted by atomic mass is 35.5. The fourth-order valence-corrected chi connectivity index (χ4v) is 3.07. The van der Waals surface area contributed by atoms with Crippen molar-refractivity contribution in [3.8, 4) is 0 Å². The Bertz CT molecular complexity index is 702. The summed E-state index contributed by atoms with van der Waals surface area (Å²) in [7, 11) is 0. The predicted molar refractivity (Wildman–Crippen MR) is 103 cm³/mol. The number of halogens is 1. The van der Waals surface area contributed by atoms with Crippen LogP contribution in [0, 0.1) is 0 Å². The molecule has 1 aliphatic rings. The Hall–Kier alpha value is -1.81. The van der Waals surface area contributed by atoms with Crippen molar-refractivity contribution in [3.63, 3.8) is 0 Å². The van der Waals surface area contributed by atoms with E-state index >= 15 is 0 Å². The van der Waals surface area contributed by atoms with Gasteiger partial charge in [-0.15, -0.1) is 0 Å². The molecule has 1 N–H and O–H groups in total. The SMILES string of the molecule is CCCCC1=NNC(C)=C(C(=O)OC(C)(C)C)C1c1cccc(Cl)c1. The van der Waals surface area contributed by atoms with Crippen LogP contribution in [-0.4, -0.2) is 17.3 Å². The summed E-state index contributed by atoms with van der Waals surface area (Å²) in [6.07, 6.45) is 2.89. The van der Waals surface area contributed by atoms with Gasteiger partial charge in [0, 0.05) is 10.7 Å². The van der Waals surface area contributed by atoms with Gasteiger partial charge in [-0.2, -0.15) is 5.10 Å². The number of nitrogens with one attached hydrogen (secondary N) is 1. The summed E-state index contributed by atoms with van der Waals surface area (Å²) in [6.45, 7) is 9.62. The number of unbranched alkanes of at least 4 members (excludes halogenated alkanes) is 1. The maximum atomic E-state index is 12.9. The lowest BCUT2D eigenvalue weighted by Crippen LogP contribution is -2.34. The summed E-state index contributed by atoms with van der Waals surface area (Å²) < 4.78 is 5.66. The van der Waals surface area contributed by atoms with E-state index in [-0.39, 0.29) is 11.9 Å². The molecular formula is C20H27ClN2O2. The molecule has 2 rings (SSSR count). The first-order chi connectivity index (χ1) is 11.7. The zero-order valence-corrected chi connectivity index (χ0v) is 16.4. The fraction of sp³-hybridized carbons (Fsp3) is 0.500. The molecule has 0 saturated heterocycles. The van der Waals surface area contributed by atoms with Crippen molar-refractivity contribution in [1.82, 2.24) is 5.43 Å². The number of carbonyl (C=O) groups is 1. The highest BCUT2D eigenvalue weighted by molar-refractivity contribution is 6.30.